The fourth-order valence-electron chi connectivity index (χ4n) is 3.25. The minimum absolute atomic E-state index is 0.0584. The normalized spacial score (nSPS) is 14.0. The molecule has 2 aromatic carbocycles. The number of carbonyl (C=O) groups excluding carboxylic acids is 1. The predicted molar refractivity (Wildman–Crippen MR) is 106 cm³/mol. The Labute approximate surface area is 169 Å². The Kier molecular flexibility index (Phi) is 7.24. The summed E-state index contributed by atoms with van der Waals surface area (Å²) in [5.41, 5.74) is 2.61. The summed E-state index contributed by atoms with van der Waals surface area (Å²) in [5, 5.41) is 2.76. The zero-order valence-electron chi connectivity index (χ0n) is 16.3. The van der Waals surface area contributed by atoms with Crippen molar-refractivity contribution in [3.8, 4) is 5.75 Å². The molecule has 1 N–H and O–H groups in total. The highest BCUT2D eigenvalue weighted by atomic mass is 19.3. The van der Waals surface area contributed by atoms with Gasteiger partial charge in [-0.25, -0.2) is 4.79 Å². The van der Waals surface area contributed by atoms with Crippen molar-refractivity contribution in [3.63, 3.8) is 0 Å². The van der Waals surface area contributed by atoms with Gasteiger partial charge in [-0.3, -0.25) is 0 Å². The Hall–Kier alpha value is -2.87. The maximum atomic E-state index is 12.5. The number of anilines is 1. The van der Waals surface area contributed by atoms with Gasteiger partial charge in [-0.15, -0.1) is 0 Å². The Balaban J connectivity index is 1.61. The summed E-state index contributed by atoms with van der Waals surface area (Å²) in [4.78, 5) is 16.4. The number of urea groups is 1. The molecule has 0 saturated carbocycles. The highest BCUT2D eigenvalue weighted by Gasteiger charge is 2.17. The van der Waals surface area contributed by atoms with Crippen molar-refractivity contribution in [2.45, 2.75) is 19.7 Å². The molecule has 1 aliphatic heterocycles. The molecule has 1 aliphatic rings. The first-order chi connectivity index (χ1) is 14.0. The highest BCUT2D eigenvalue weighted by molar-refractivity contribution is 5.74. The van der Waals surface area contributed by atoms with E-state index in [1.807, 2.05) is 24.3 Å². The van der Waals surface area contributed by atoms with E-state index in [9.17, 15) is 13.6 Å². The Morgan fingerprint density at radius 2 is 1.79 bits per heavy atom. The second-order valence-electron chi connectivity index (χ2n) is 6.73. The molecule has 8 heteroatoms. The van der Waals surface area contributed by atoms with E-state index in [1.165, 1.54) is 6.07 Å². The molecule has 156 valence electrons. The average Bonchev–Trinajstić information content (AvgIpc) is 2.73. The van der Waals surface area contributed by atoms with Crippen LogP contribution in [0.15, 0.2) is 48.5 Å². The number of alkyl halides is 2. The fraction of sp³-hybridized carbons (Fsp3) is 0.381. The number of carbonyl (C=O) groups is 1. The molecule has 0 spiro atoms. The van der Waals surface area contributed by atoms with Crippen LogP contribution in [-0.2, 0) is 17.8 Å². The third kappa shape index (κ3) is 5.80. The van der Waals surface area contributed by atoms with Crippen LogP contribution in [0.4, 0.5) is 19.3 Å². The third-order valence-electron chi connectivity index (χ3n) is 4.72. The summed E-state index contributed by atoms with van der Waals surface area (Å²) >= 11 is 0. The minimum Gasteiger partial charge on any atom is -0.434 e. The van der Waals surface area contributed by atoms with Crippen LogP contribution >= 0.6 is 0 Å². The van der Waals surface area contributed by atoms with Crippen molar-refractivity contribution in [1.29, 1.82) is 0 Å². The molecule has 1 heterocycles. The first kappa shape index (κ1) is 20.9. The standard InChI is InChI=1S/C21H25F2N3O3/c1-25(15-17-7-2-4-8-18(17)26-10-12-28-13-11-26)21(27)24-14-16-6-3-5-9-19(16)29-20(22)23/h2-9,20H,10-15H2,1H3,(H,24,27). The number of hydrogen-bond acceptors (Lipinski definition) is 4. The molecular formula is C21H25F2N3O3. The van der Waals surface area contributed by atoms with Crippen molar-refractivity contribution in [3.05, 3.63) is 59.7 Å². The molecule has 0 bridgehead atoms. The number of morpholine rings is 1. The molecule has 0 atom stereocenters. The SMILES string of the molecule is CN(Cc1ccccc1N1CCOCC1)C(=O)NCc1ccccc1OC(F)F. The maximum Gasteiger partial charge on any atom is 0.387 e. The summed E-state index contributed by atoms with van der Waals surface area (Å²) < 4.78 is 35.0. The van der Waals surface area contributed by atoms with Gasteiger partial charge in [0.1, 0.15) is 5.75 Å². The first-order valence-electron chi connectivity index (χ1n) is 9.47. The zero-order valence-corrected chi connectivity index (χ0v) is 16.3. The monoisotopic (exact) mass is 405 g/mol. The number of rotatable bonds is 7. The molecule has 29 heavy (non-hydrogen) atoms. The van der Waals surface area contributed by atoms with E-state index in [1.54, 1.807) is 30.1 Å². The lowest BCUT2D eigenvalue weighted by molar-refractivity contribution is -0.0504. The Morgan fingerprint density at radius 3 is 2.52 bits per heavy atom. The van der Waals surface area contributed by atoms with Gasteiger partial charge < -0.3 is 24.6 Å². The van der Waals surface area contributed by atoms with Gasteiger partial charge in [0.2, 0.25) is 0 Å². The predicted octanol–water partition coefficient (Wildman–Crippen LogP) is 3.47. The van der Waals surface area contributed by atoms with Gasteiger partial charge in [0, 0.05) is 44.5 Å². The molecule has 1 fully saturated rings. The minimum atomic E-state index is -2.91. The van der Waals surface area contributed by atoms with E-state index < -0.39 is 6.61 Å². The van der Waals surface area contributed by atoms with Gasteiger partial charge in [-0.1, -0.05) is 36.4 Å². The average molecular weight is 405 g/mol. The summed E-state index contributed by atoms with van der Waals surface area (Å²) in [6.45, 7) is 0.606. The first-order valence-corrected chi connectivity index (χ1v) is 9.47. The lowest BCUT2D eigenvalue weighted by Crippen LogP contribution is -2.39. The number of ether oxygens (including phenoxy) is 2. The van der Waals surface area contributed by atoms with Crippen molar-refractivity contribution in [1.82, 2.24) is 10.2 Å². The highest BCUT2D eigenvalue weighted by Crippen LogP contribution is 2.23. The number of halogens is 2. The van der Waals surface area contributed by atoms with Gasteiger partial charge in [-0.05, 0) is 17.7 Å². The summed E-state index contributed by atoms with van der Waals surface area (Å²) in [6, 6.07) is 14.1. The van der Waals surface area contributed by atoms with E-state index in [0.717, 1.165) is 24.3 Å². The lowest BCUT2D eigenvalue weighted by atomic mass is 10.1. The second kappa shape index (κ2) is 10.1. The van der Waals surface area contributed by atoms with Crippen molar-refractivity contribution in [2.75, 3.05) is 38.3 Å². The number of benzene rings is 2. The van der Waals surface area contributed by atoms with Crippen molar-refractivity contribution < 1.29 is 23.0 Å². The van der Waals surface area contributed by atoms with Crippen LogP contribution in [0.3, 0.4) is 0 Å². The quantitative estimate of drug-likeness (QED) is 0.767. The number of hydrogen-bond donors (Lipinski definition) is 1. The van der Waals surface area contributed by atoms with Gasteiger partial charge in [0.25, 0.3) is 0 Å². The molecule has 0 aliphatic carbocycles. The third-order valence-corrected chi connectivity index (χ3v) is 4.72. The molecule has 2 aromatic rings. The van der Waals surface area contributed by atoms with Crippen LogP contribution in [-0.4, -0.2) is 50.9 Å². The van der Waals surface area contributed by atoms with Crippen molar-refractivity contribution in [2.24, 2.45) is 0 Å². The summed E-state index contributed by atoms with van der Waals surface area (Å²) in [6.07, 6.45) is 0. The summed E-state index contributed by atoms with van der Waals surface area (Å²) in [7, 11) is 1.70. The molecule has 2 amide bonds. The van der Waals surface area contributed by atoms with E-state index in [-0.39, 0.29) is 18.3 Å². The maximum absolute atomic E-state index is 12.5. The van der Waals surface area contributed by atoms with E-state index in [0.29, 0.717) is 25.3 Å². The van der Waals surface area contributed by atoms with Crippen LogP contribution in [0, 0.1) is 0 Å². The number of amides is 2. The topological polar surface area (TPSA) is 54.0 Å². The molecule has 0 unspecified atom stereocenters. The molecule has 0 aromatic heterocycles. The van der Waals surface area contributed by atoms with Crippen LogP contribution in [0.1, 0.15) is 11.1 Å². The van der Waals surface area contributed by atoms with Gasteiger partial charge >= 0.3 is 12.6 Å². The van der Waals surface area contributed by atoms with E-state index >= 15 is 0 Å². The Bertz CT molecular complexity index is 813. The molecule has 6 nitrogen and oxygen atoms in total. The molecular weight excluding hydrogens is 380 g/mol. The van der Waals surface area contributed by atoms with Gasteiger partial charge in [0.05, 0.1) is 13.2 Å². The van der Waals surface area contributed by atoms with E-state index in [4.69, 9.17) is 4.74 Å². The fourth-order valence-corrected chi connectivity index (χ4v) is 3.25. The van der Waals surface area contributed by atoms with Crippen LogP contribution in [0.2, 0.25) is 0 Å². The largest absolute Gasteiger partial charge is 0.434 e. The molecule has 0 radical (unpaired) electrons. The van der Waals surface area contributed by atoms with Crippen LogP contribution in [0.25, 0.3) is 0 Å². The molecule has 1 saturated heterocycles. The van der Waals surface area contributed by atoms with Crippen molar-refractivity contribution >= 4 is 11.7 Å². The van der Waals surface area contributed by atoms with Gasteiger partial charge in [-0.2, -0.15) is 8.78 Å². The smallest absolute Gasteiger partial charge is 0.387 e. The van der Waals surface area contributed by atoms with Crippen LogP contribution in [0.5, 0.6) is 5.75 Å². The van der Waals surface area contributed by atoms with Crippen LogP contribution < -0.4 is 15.0 Å². The zero-order chi connectivity index (χ0) is 20.6. The lowest BCUT2D eigenvalue weighted by Gasteiger charge is -2.31. The second-order valence-corrected chi connectivity index (χ2v) is 6.73. The van der Waals surface area contributed by atoms with Gasteiger partial charge in [0.15, 0.2) is 0 Å². The number of nitrogens with zero attached hydrogens (tertiary/aromatic N) is 2. The number of para-hydroxylation sites is 2. The van der Waals surface area contributed by atoms with E-state index in [2.05, 4.69) is 15.0 Å². The Morgan fingerprint density at radius 1 is 1.14 bits per heavy atom. The molecule has 3 rings (SSSR count). The summed E-state index contributed by atoms with van der Waals surface area (Å²) in [5.74, 6) is 0.0584. The number of nitrogens with one attached hydrogen (secondary N) is 1.